The van der Waals surface area contributed by atoms with Gasteiger partial charge >= 0.3 is 17.9 Å². The summed E-state index contributed by atoms with van der Waals surface area (Å²) in [5, 5.41) is 0. The Kier molecular flexibility index (Phi) is 66.1. The van der Waals surface area contributed by atoms with Crippen LogP contribution in [0.5, 0.6) is 0 Å². The molecular formula is C73H136O6. The highest BCUT2D eigenvalue weighted by Crippen LogP contribution is 2.19. The highest BCUT2D eigenvalue weighted by Gasteiger charge is 2.19. The number of unbranched alkanes of at least 4 members (excludes halogenated alkanes) is 49. The van der Waals surface area contributed by atoms with Crippen molar-refractivity contribution in [2.75, 3.05) is 13.2 Å². The second kappa shape index (κ2) is 68.1. The van der Waals surface area contributed by atoms with E-state index in [1.54, 1.807) is 0 Å². The summed E-state index contributed by atoms with van der Waals surface area (Å²) < 4.78 is 16.8. The second-order valence-corrected chi connectivity index (χ2v) is 24.2. The minimum absolute atomic E-state index is 0.0662. The molecule has 0 spiro atoms. The summed E-state index contributed by atoms with van der Waals surface area (Å²) in [5.41, 5.74) is 0. The molecule has 0 bridgehead atoms. The summed E-state index contributed by atoms with van der Waals surface area (Å²) in [5.74, 6) is -0.853. The van der Waals surface area contributed by atoms with Crippen LogP contribution in [0.1, 0.15) is 393 Å². The van der Waals surface area contributed by atoms with Crippen LogP contribution < -0.4 is 0 Å². The fourth-order valence-corrected chi connectivity index (χ4v) is 10.8. The topological polar surface area (TPSA) is 78.9 Å². The lowest BCUT2D eigenvalue weighted by atomic mass is 10.0. The molecule has 464 valence electrons. The Balaban J connectivity index is 3.90. The molecule has 0 aromatic rings. The fraction of sp³-hybridized carbons (Fsp3) is 0.877. The number of hydrogen-bond donors (Lipinski definition) is 0. The van der Waals surface area contributed by atoms with Crippen LogP contribution in [-0.2, 0) is 28.6 Å². The van der Waals surface area contributed by atoms with Gasteiger partial charge in [-0.05, 0) is 57.8 Å². The van der Waals surface area contributed by atoms with E-state index in [1.165, 1.54) is 276 Å². The van der Waals surface area contributed by atoms with Gasteiger partial charge in [0.2, 0.25) is 0 Å². The van der Waals surface area contributed by atoms with Crippen molar-refractivity contribution in [1.82, 2.24) is 0 Å². The number of rotatable bonds is 66. The van der Waals surface area contributed by atoms with Gasteiger partial charge in [-0.2, -0.15) is 0 Å². The van der Waals surface area contributed by atoms with Gasteiger partial charge in [0.15, 0.2) is 6.10 Å². The van der Waals surface area contributed by atoms with Crippen molar-refractivity contribution in [2.45, 2.75) is 399 Å². The molecule has 0 saturated carbocycles. The third kappa shape index (κ3) is 66.3. The number of carbonyl (C=O) groups is 3. The van der Waals surface area contributed by atoms with E-state index in [2.05, 4.69) is 57.2 Å². The second-order valence-electron chi connectivity index (χ2n) is 24.2. The predicted molar refractivity (Wildman–Crippen MR) is 344 cm³/mol. The van der Waals surface area contributed by atoms with Gasteiger partial charge in [-0.15, -0.1) is 0 Å². The molecule has 0 radical (unpaired) electrons. The van der Waals surface area contributed by atoms with E-state index in [4.69, 9.17) is 14.2 Å². The van der Waals surface area contributed by atoms with Crippen molar-refractivity contribution in [3.63, 3.8) is 0 Å². The van der Waals surface area contributed by atoms with Gasteiger partial charge in [-0.3, -0.25) is 14.4 Å². The fourth-order valence-electron chi connectivity index (χ4n) is 10.8. The lowest BCUT2D eigenvalue weighted by Gasteiger charge is -2.18. The van der Waals surface area contributed by atoms with Crippen molar-refractivity contribution in [3.05, 3.63) is 36.5 Å². The molecular weight excluding hydrogens is 973 g/mol. The van der Waals surface area contributed by atoms with Crippen LogP contribution in [0.25, 0.3) is 0 Å². The summed E-state index contributed by atoms with van der Waals surface area (Å²) in [4.78, 5) is 38.0. The highest BCUT2D eigenvalue weighted by molar-refractivity contribution is 5.71. The summed E-state index contributed by atoms with van der Waals surface area (Å²) in [6, 6.07) is 0. The van der Waals surface area contributed by atoms with E-state index in [9.17, 15) is 14.4 Å². The van der Waals surface area contributed by atoms with Gasteiger partial charge in [-0.25, -0.2) is 0 Å². The average molecular weight is 1110 g/mol. The first-order valence-corrected chi connectivity index (χ1v) is 35.5. The zero-order valence-electron chi connectivity index (χ0n) is 53.4. The molecule has 0 saturated heterocycles. The molecule has 1 atom stereocenters. The molecule has 0 aromatic carbocycles. The van der Waals surface area contributed by atoms with Crippen molar-refractivity contribution < 1.29 is 28.6 Å². The van der Waals surface area contributed by atoms with Crippen molar-refractivity contribution in [1.29, 1.82) is 0 Å². The lowest BCUT2D eigenvalue weighted by molar-refractivity contribution is -0.167. The monoisotopic (exact) mass is 1110 g/mol. The van der Waals surface area contributed by atoms with Gasteiger partial charge in [-0.1, -0.05) is 353 Å². The quantitative estimate of drug-likeness (QED) is 0.0261. The van der Waals surface area contributed by atoms with Crippen molar-refractivity contribution >= 4 is 17.9 Å². The maximum absolute atomic E-state index is 12.9. The van der Waals surface area contributed by atoms with Gasteiger partial charge < -0.3 is 14.2 Å². The summed E-state index contributed by atoms with van der Waals surface area (Å²) >= 11 is 0. The Bertz CT molecular complexity index is 1320. The molecule has 0 heterocycles. The van der Waals surface area contributed by atoms with Crippen LogP contribution in [0.4, 0.5) is 0 Å². The molecule has 0 aliphatic heterocycles. The van der Waals surface area contributed by atoms with E-state index in [1.807, 2.05) is 0 Å². The Morgan fingerprint density at radius 2 is 0.456 bits per heavy atom. The Labute approximate surface area is 493 Å². The zero-order chi connectivity index (χ0) is 57.1. The van der Waals surface area contributed by atoms with Gasteiger partial charge in [0.1, 0.15) is 13.2 Å². The molecule has 79 heavy (non-hydrogen) atoms. The summed E-state index contributed by atoms with van der Waals surface area (Å²) in [7, 11) is 0. The van der Waals surface area contributed by atoms with Crippen LogP contribution in [0.2, 0.25) is 0 Å². The minimum Gasteiger partial charge on any atom is -0.462 e. The van der Waals surface area contributed by atoms with Crippen LogP contribution in [0.15, 0.2) is 36.5 Å². The molecule has 0 fully saturated rings. The van der Waals surface area contributed by atoms with E-state index in [0.717, 1.165) is 77.0 Å². The zero-order valence-corrected chi connectivity index (χ0v) is 53.4. The Morgan fingerprint density at radius 1 is 0.253 bits per heavy atom. The van der Waals surface area contributed by atoms with Crippen LogP contribution in [-0.4, -0.2) is 37.2 Å². The minimum atomic E-state index is -0.765. The standard InChI is InChI=1S/C73H136O6/c1-4-7-10-13-15-17-19-21-23-25-27-29-31-32-33-34-35-36-37-38-39-40-42-43-45-47-49-51-53-55-57-60-63-66-72(75)78-69-70(68-77-71(74)65-62-59-12-9-6-3)79-73(76)67-64-61-58-56-54-52-50-48-46-44-41-30-28-26-24-22-20-18-16-14-11-8-5-2/h19,21,25,27,31-32,70H,4-18,20,22-24,26,28-30,33-69H2,1-3H3/b21-19-,27-25-,32-31-. The molecule has 0 N–H and O–H groups in total. The van der Waals surface area contributed by atoms with Crippen molar-refractivity contribution in [2.24, 2.45) is 0 Å². The molecule has 6 heteroatoms. The predicted octanol–water partition coefficient (Wildman–Crippen LogP) is 24.3. The molecule has 6 nitrogen and oxygen atoms in total. The molecule has 0 aliphatic carbocycles. The van der Waals surface area contributed by atoms with Crippen LogP contribution >= 0.6 is 0 Å². The molecule has 0 amide bonds. The highest BCUT2D eigenvalue weighted by atomic mass is 16.6. The van der Waals surface area contributed by atoms with Gasteiger partial charge in [0.25, 0.3) is 0 Å². The third-order valence-corrected chi connectivity index (χ3v) is 16.1. The van der Waals surface area contributed by atoms with Crippen LogP contribution in [0, 0.1) is 0 Å². The molecule has 0 aliphatic rings. The summed E-state index contributed by atoms with van der Waals surface area (Å²) in [6.07, 6.45) is 85.2. The normalized spacial score (nSPS) is 12.2. The third-order valence-electron chi connectivity index (χ3n) is 16.1. The van der Waals surface area contributed by atoms with E-state index < -0.39 is 6.10 Å². The van der Waals surface area contributed by atoms with E-state index >= 15 is 0 Å². The molecule has 0 aromatic heterocycles. The summed E-state index contributed by atoms with van der Waals surface area (Å²) in [6.45, 7) is 6.62. The SMILES string of the molecule is CCCCCCC/C=C\C/C=C\C/C=C\CCCCCCCCCCCCCCCCCCCCC(=O)OCC(COC(=O)CCCCCCC)OC(=O)CCCCCCCCCCCCCCCCCCCCCCCCC. The number of carbonyl (C=O) groups excluding carboxylic acids is 3. The van der Waals surface area contributed by atoms with Crippen molar-refractivity contribution in [3.8, 4) is 0 Å². The largest absolute Gasteiger partial charge is 0.462 e. The lowest BCUT2D eigenvalue weighted by Crippen LogP contribution is -2.30. The average Bonchev–Trinajstić information content (AvgIpc) is 3.45. The number of esters is 3. The number of allylic oxidation sites excluding steroid dienone is 6. The van der Waals surface area contributed by atoms with Crippen LogP contribution in [0.3, 0.4) is 0 Å². The van der Waals surface area contributed by atoms with Gasteiger partial charge in [0.05, 0.1) is 0 Å². The first-order chi connectivity index (χ1) is 39.0. The van der Waals surface area contributed by atoms with Gasteiger partial charge in [0, 0.05) is 19.3 Å². The molecule has 0 rings (SSSR count). The number of hydrogen-bond acceptors (Lipinski definition) is 6. The Morgan fingerprint density at radius 3 is 0.709 bits per heavy atom. The first kappa shape index (κ1) is 76.6. The molecule has 1 unspecified atom stereocenters. The Hall–Kier alpha value is -2.37. The number of ether oxygens (including phenoxy) is 3. The first-order valence-electron chi connectivity index (χ1n) is 35.5. The maximum Gasteiger partial charge on any atom is 0.306 e. The van der Waals surface area contributed by atoms with E-state index in [0.29, 0.717) is 19.3 Å². The maximum atomic E-state index is 12.9. The van der Waals surface area contributed by atoms with E-state index in [-0.39, 0.29) is 31.1 Å². The smallest absolute Gasteiger partial charge is 0.306 e.